The van der Waals surface area contributed by atoms with Crippen LogP contribution in [0.4, 0.5) is 0 Å². The van der Waals surface area contributed by atoms with Crippen molar-refractivity contribution in [1.82, 2.24) is 4.90 Å². The van der Waals surface area contributed by atoms with Crippen LogP contribution in [-0.4, -0.2) is 31.1 Å². The lowest BCUT2D eigenvalue weighted by molar-refractivity contribution is -0.152. The van der Waals surface area contributed by atoms with Crippen molar-refractivity contribution in [3.8, 4) is 0 Å². The summed E-state index contributed by atoms with van der Waals surface area (Å²) in [5.74, 6) is -0.138. The number of nitrogens with zero attached hydrogens (tertiary/aromatic N) is 1. The Morgan fingerprint density at radius 2 is 2.00 bits per heavy atom. The highest BCUT2D eigenvalue weighted by atomic mass is 16.5. The Labute approximate surface area is 109 Å². The van der Waals surface area contributed by atoms with Gasteiger partial charge in [0.25, 0.3) is 0 Å². The number of fused-ring (bicyclic) bond motifs is 1. The summed E-state index contributed by atoms with van der Waals surface area (Å²) in [7, 11) is 1.45. The van der Waals surface area contributed by atoms with Gasteiger partial charge >= 0.3 is 5.97 Å². The normalized spacial score (nSPS) is 16.2. The lowest BCUT2D eigenvalue weighted by Crippen LogP contribution is -2.42. The number of carbonyl (C=O) groups excluding carboxylic acids is 1. The van der Waals surface area contributed by atoms with Gasteiger partial charge in [-0.2, -0.15) is 0 Å². The first kappa shape index (κ1) is 13.1. The number of carbonyl (C=O) groups is 1. The van der Waals surface area contributed by atoms with E-state index >= 15 is 0 Å². The molecule has 0 amide bonds. The summed E-state index contributed by atoms with van der Waals surface area (Å²) < 4.78 is 4.86. The topological polar surface area (TPSA) is 29.5 Å². The molecule has 3 heteroatoms. The van der Waals surface area contributed by atoms with E-state index in [9.17, 15) is 4.79 Å². The van der Waals surface area contributed by atoms with Crippen LogP contribution in [0.5, 0.6) is 0 Å². The molecule has 0 radical (unpaired) electrons. The first-order chi connectivity index (χ1) is 8.53. The van der Waals surface area contributed by atoms with Gasteiger partial charge < -0.3 is 4.74 Å². The van der Waals surface area contributed by atoms with Gasteiger partial charge in [0.05, 0.1) is 12.5 Å². The maximum absolute atomic E-state index is 11.7. The summed E-state index contributed by atoms with van der Waals surface area (Å²) in [5.41, 5.74) is 2.37. The predicted molar refractivity (Wildman–Crippen MR) is 71.2 cm³/mol. The van der Waals surface area contributed by atoms with Crippen LogP contribution in [0.2, 0.25) is 0 Å². The van der Waals surface area contributed by atoms with E-state index in [1.54, 1.807) is 0 Å². The van der Waals surface area contributed by atoms with Crippen molar-refractivity contribution < 1.29 is 9.53 Å². The zero-order chi connectivity index (χ0) is 13.2. The quantitative estimate of drug-likeness (QED) is 0.767. The molecular weight excluding hydrogens is 226 g/mol. The Balaban J connectivity index is 2.04. The van der Waals surface area contributed by atoms with Gasteiger partial charge in [-0.3, -0.25) is 9.69 Å². The van der Waals surface area contributed by atoms with E-state index in [4.69, 9.17) is 4.74 Å². The van der Waals surface area contributed by atoms with Gasteiger partial charge in [0.1, 0.15) is 0 Å². The van der Waals surface area contributed by atoms with Crippen LogP contribution < -0.4 is 0 Å². The maximum atomic E-state index is 11.7. The molecule has 3 nitrogen and oxygen atoms in total. The van der Waals surface area contributed by atoms with Gasteiger partial charge in [-0.15, -0.1) is 0 Å². The van der Waals surface area contributed by atoms with E-state index in [2.05, 4.69) is 29.2 Å². The summed E-state index contributed by atoms with van der Waals surface area (Å²) >= 11 is 0. The first-order valence-electron chi connectivity index (χ1n) is 6.40. The second-order valence-corrected chi connectivity index (χ2v) is 5.60. The van der Waals surface area contributed by atoms with E-state index < -0.39 is 5.41 Å². The van der Waals surface area contributed by atoms with Gasteiger partial charge in [-0.05, 0) is 31.4 Å². The van der Waals surface area contributed by atoms with Crippen LogP contribution in [0.3, 0.4) is 0 Å². The molecule has 0 aliphatic carbocycles. The highest BCUT2D eigenvalue weighted by Crippen LogP contribution is 2.24. The van der Waals surface area contributed by atoms with Crippen LogP contribution >= 0.6 is 0 Å². The van der Waals surface area contributed by atoms with Crippen LogP contribution in [0.15, 0.2) is 24.3 Å². The number of benzene rings is 1. The molecule has 1 aliphatic rings. The van der Waals surface area contributed by atoms with E-state index in [0.717, 1.165) is 26.1 Å². The molecule has 0 spiro atoms. The second-order valence-electron chi connectivity index (χ2n) is 5.60. The molecule has 0 unspecified atom stereocenters. The van der Waals surface area contributed by atoms with Crippen molar-refractivity contribution in [3.63, 3.8) is 0 Å². The average molecular weight is 247 g/mol. The zero-order valence-electron chi connectivity index (χ0n) is 11.4. The van der Waals surface area contributed by atoms with Crippen LogP contribution in [0.25, 0.3) is 0 Å². The molecule has 0 saturated carbocycles. The van der Waals surface area contributed by atoms with Crippen LogP contribution in [0, 0.1) is 5.41 Å². The molecule has 1 aromatic rings. The van der Waals surface area contributed by atoms with E-state index in [1.807, 2.05) is 13.8 Å². The van der Waals surface area contributed by atoms with Crippen molar-refractivity contribution in [2.24, 2.45) is 5.41 Å². The van der Waals surface area contributed by atoms with E-state index in [-0.39, 0.29) is 5.97 Å². The van der Waals surface area contributed by atoms with Gasteiger partial charge in [0.15, 0.2) is 0 Å². The minimum atomic E-state index is -0.443. The number of rotatable bonds is 3. The molecule has 0 saturated heterocycles. The minimum Gasteiger partial charge on any atom is -0.469 e. The summed E-state index contributed by atoms with van der Waals surface area (Å²) in [6.45, 7) is 6.57. The minimum absolute atomic E-state index is 0.138. The Kier molecular flexibility index (Phi) is 3.71. The summed E-state index contributed by atoms with van der Waals surface area (Å²) in [4.78, 5) is 14.0. The monoisotopic (exact) mass is 247 g/mol. The Morgan fingerprint density at radius 1 is 1.33 bits per heavy atom. The summed E-state index contributed by atoms with van der Waals surface area (Å²) in [5, 5.41) is 0. The molecular formula is C15H21NO2. The fraction of sp³-hybridized carbons (Fsp3) is 0.533. The summed E-state index contributed by atoms with van der Waals surface area (Å²) in [6, 6.07) is 8.53. The molecule has 0 aromatic heterocycles. The average Bonchev–Trinajstić information content (AvgIpc) is 2.37. The lowest BCUT2D eigenvalue weighted by atomic mass is 9.91. The zero-order valence-corrected chi connectivity index (χ0v) is 11.4. The number of hydrogen-bond donors (Lipinski definition) is 0. The van der Waals surface area contributed by atoms with Crippen molar-refractivity contribution in [1.29, 1.82) is 0 Å². The molecule has 0 atom stereocenters. The number of ether oxygens (including phenoxy) is 1. The predicted octanol–water partition coefficient (Wildman–Crippen LogP) is 2.24. The Bertz CT molecular complexity index is 440. The highest BCUT2D eigenvalue weighted by molar-refractivity contribution is 5.76. The van der Waals surface area contributed by atoms with E-state index in [1.165, 1.54) is 18.2 Å². The molecule has 2 rings (SSSR count). The highest BCUT2D eigenvalue weighted by Gasteiger charge is 2.32. The number of hydrogen-bond acceptors (Lipinski definition) is 3. The fourth-order valence-corrected chi connectivity index (χ4v) is 2.59. The smallest absolute Gasteiger partial charge is 0.312 e. The van der Waals surface area contributed by atoms with Crippen LogP contribution in [0.1, 0.15) is 25.0 Å². The van der Waals surface area contributed by atoms with Gasteiger partial charge in [-0.1, -0.05) is 24.3 Å². The van der Waals surface area contributed by atoms with Crippen molar-refractivity contribution in [2.45, 2.75) is 26.8 Å². The van der Waals surface area contributed by atoms with Gasteiger partial charge in [0, 0.05) is 19.6 Å². The van der Waals surface area contributed by atoms with Crippen molar-refractivity contribution in [2.75, 3.05) is 20.2 Å². The van der Waals surface area contributed by atoms with Gasteiger partial charge in [0.2, 0.25) is 0 Å². The lowest BCUT2D eigenvalue weighted by Gasteiger charge is -2.34. The standard InChI is InChI=1S/C15H21NO2/c1-15(2,14(17)18-3)11-16-9-8-12-6-4-5-7-13(12)10-16/h4-7H,8-11H2,1-3H3. The fourth-order valence-electron chi connectivity index (χ4n) is 2.59. The van der Waals surface area contributed by atoms with E-state index in [0.29, 0.717) is 0 Å². The van der Waals surface area contributed by atoms with Crippen LogP contribution in [-0.2, 0) is 22.5 Å². The number of esters is 1. The van der Waals surface area contributed by atoms with Crippen molar-refractivity contribution >= 4 is 5.97 Å². The molecule has 1 heterocycles. The first-order valence-corrected chi connectivity index (χ1v) is 6.40. The van der Waals surface area contributed by atoms with Crippen molar-refractivity contribution in [3.05, 3.63) is 35.4 Å². The molecule has 18 heavy (non-hydrogen) atoms. The molecule has 0 bridgehead atoms. The SMILES string of the molecule is COC(=O)C(C)(C)CN1CCc2ccccc2C1. The third-order valence-corrected chi connectivity index (χ3v) is 3.57. The Hall–Kier alpha value is -1.35. The largest absolute Gasteiger partial charge is 0.469 e. The number of methoxy groups -OCH3 is 1. The second kappa shape index (κ2) is 5.11. The third kappa shape index (κ3) is 2.72. The molecule has 98 valence electrons. The van der Waals surface area contributed by atoms with Gasteiger partial charge in [-0.25, -0.2) is 0 Å². The summed E-state index contributed by atoms with van der Waals surface area (Å²) in [6.07, 6.45) is 1.06. The Morgan fingerprint density at radius 3 is 2.67 bits per heavy atom. The maximum Gasteiger partial charge on any atom is 0.312 e. The third-order valence-electron chi connectivity index (χ3n) is 3.57. The molecule has 0 fully saturated rings. The molecule has 1 aromatic carbocycles. The molecule has 0 N–H and O–H groups in total. The molecule has 1 aliphatic heterocycles.